The Morgan fingerprint density at radius 1 is 1.50 bits per heavy atom. The van der Waals surface area contributed by atoms with Crippen LogP contribution in [0.25, 0.3) is 0 Å². The quantitative estimate of drug-likeness (QED) is 0.819. The van der Waals surface area contributed by atoms with Gasteiger partial charge in [-0.15, -0.1) is 0 Å². The SMILES string of the molecule is CC(C)OCC(N)c1c(Cl)cnn1CCN(C)C. The fourth-order valence-corrected chi connectivity index (χ4v) is 1.87. The van der Waals surface area contributed by atoms with Gasteiger partial charge in [-0.05, 0) is 27.9 Å². The molecule has 0 fully saturated rings. The maximum Gasteiger partial charge on any atom is 0.0834 e. The number of aromatic nitrogens is 2. The van der Waals surface area contributed by atoms with E-state index in [0.717, 1.165) is 18.8 Å². The molecule has 18 heavy (non-hydrogen) atoms. The molecular weight excluding hydrogens is 252 g/mol. The summed E-state index contributed by atoms with van der Waals surface area (Å²) in [5.74, 6) is 0. The van der Waals surface area contributed by atoms with E-state index < -0.39 is 0 Å². The first-order valence-corrected chi connectivity index (χ1v) is 6.52. The standard InChI is InChI=1S/C12H23ClN4O/c1-9(2)18-8-11(14)12-10(13)7-15-17(12)6-5-16(3)4/h7,9,11H,5-6,8,14H2,1-4H3. The zero-order chi connectivity index (χ0) is 13.7. The second-order valence-corrected chi connectivity index (χ2v) is 5.30. The molecule has 6 heteroatoms. The van der Waals surface area contributed by atoms with Crippen LogP contribution < -0.4 is 5.73 Å². The summed E-state index contributed by atoms with van der Waals surface area (Å²) in [6.45, 7) is 6.08. The lowest BCUT2D eigenvalue weighted by Gasteiger charge is -2.18. The Labute approximate surface area is 114 Å². The van der Waals surface area contributed by atoms with Crippen molar-refractivity contribution in [1.29, 1.82) is 0 Å². The van der Waals surface area contributed by atoms with E-state index in [1.54, 1.807) is 6.20 Å². The number of nitrogens with two attached hydrogens (primary N) is 1. The van der Waals surface area contributed by atoms with Crippen LogP contribution in [-0.2, 0) is 11.3 Å². The Morgan fingerprint density at radius 2 is 2.17 bits per heavy atom. The lowest BCUT2D eigenvalue weighted by Crippen LogP contribution is -2.26. The third-order valence-corrected chi connectivity index (χ3v) is 2.84. The molecule has 1 atom stereocenters. The zero-order valence-corrected chi connectivity index (χ0v) is 12.3. The Balaban J connectivity index is 2.70. The molecule has 0 aromatic carbocycles. The van der Waals surface area contributed by atoms with Gasteiger partial charge < -0.3 is 15.4 Å². The molecule has 0 aliphatic heterocycles. The van der Waals surface area contributed by atoms with Crippen LogP contribution in [0.1, 0.15) is 25.6 Å². The fourth-order valence-electron chi connectivity index (χ4n) is 1.59. The van der Waals surface area contributed by atoms with E-state index in [4.69, 9.17) is 22.1 Å². The molecule has 0 aliphatic rings. The van der Waals surface area contributed by atoms with Crippen LogP contribution in [0.5, 0.6) is 0 Å². The van der Waals surface area contributed by atoms with Crippen LogP contribution in [0.2, 0.25) is 5.02 Å². The highest BCUT2D eigenvalue weighted by Crippen LogP contribution is 2.21. The van der Waals surface area contributed by atoms with E-state index in [2.05, 4.69) is 10.00 Å². The summed E-state index contributed by atoms with van der Waals surface area (Å²) in [5.41, 5.74) is 6.96. The van der Waals surface area contributed by atoms with Crippen LogP contribution in [-0.4, -0.2) is 48.0 Å². The molecule has 0 radical (unpaired) electrons. The molecule has 1 rings (SSSR count). The third kappa shape index (κ3) is 4.57. The molecule has 0 aliphatic carbocycles. The van der Waals surface area contributed by atoms with Gasteiger partial charge in [-0.3, -0.25) is 4.68 Å². The van der Waals surface area contributed by atoms with Gasteiger partial charge in [0, 0.05) is 6.54 Å². The molecular formula is C12H23ClN4O. The summed E-state index contributed by atoms with van der Waals surface area (Å²) >= 11 is 6.14. The van der Waals surface area contributed by atoms with Gasteiger partial charge >= 0.3 is 0 Å². The van der Waals surface area contributed by atoms with E-state index in [1.807, 2.05) is 32.6 Å². The number of halogens is 1. The van der Waals surface area contributed by atoms with Crippen LogP contribution in [0.3, 0.4) is 0 Å². The van der Waals surface area contributed by atoms with Gasteiger partial charge in [0.1, 0.15) is 0 Å². The molecule has 0 saturated heterocycles. The molecule has 1 unspecified atom stereocenters. The Hall–Kier alpha value is -0.620. The molecule has 1 heterocycles. The van der Waals surface area contributed by atoms with E-state index >= 15 is 0 Å². The van der Waals surface area contributed by atoms with Gasteiger partial charge in [-0.2, -0.15) is 5.10 Å². The second kappa shape index (κ2) is 7.09. The molecule has 1 aromatic rings. The first-order chi connectivity index (χ1) is 8.41. The minimum absolute atomic E-state index is 0.160. The Morgan fingerprint density at radius 3 is 2.72 bits per heavy atom. The highest BCUT2D eigenvalue weighted by Gasteiger charge is 2.17. The number of hydrogen-bond donors (Lipinski definition) is 1. The second-order valence-electron chi connectivity index (χ2n) is 4.89. The predicted octanol–water partition coefficient (Wildman–Crippen LogP) is 1.52. The first-order valence-electron chi connectivity index (χ1n) is 6.15. The van der Waals surface area contributed by atoms with Gasteiger partial charge in [-0.25, -0.2) is 0 Å². The largest absolute Gasteiger partial charge is 0.377 e. The maximum absolute atomic E-state index is 6.14. The molecule has 5 nitrogen and oxygen atoms in total. The molecule has 2 N–H and O–H groups in total. The van der Waals surface area contributed by atoms with Crippen LogP contribution in [0.4, 0.5) is 0 Å². The number of nitrogens with zero attached hydrogens (tertiary/aromatic N) is 3. The lowest BCUT2D eigenvalue weighted by molar-refractivity contribution is 0.0667. The highest BCUT2D eigenvalue weighted by molar-refractivity contribution is 6.31. The van der Waals surface area contributed by atoms with Crippen LogP contribution in [0, 0.1) is 0 Å². The summed E-state index contributed by atoms with van der Waals surface area (Å²) in [6, 6.07) is -0.246. The summed E-state index contributed by atoms with van der Waals surface area (Å²) in [4.78, 5) is 2.09. The smallest absolute Gasteiger partial charge is 0.0834 e. The van der Waals surface area contributed by atoms with Crippen molar-refractivity contribution in [3.8, 4) is 0 Å². The number of ether oxygens (including phenoxy) is 1. The fraction of sp³-hybridized carbons (Fsp3) is 0.750. The summed E-state index contributed by atoms with van der Waals surface area (Å²) < 4.78 is 7.39. The van der Waals surface area contributed by atoms with Crippen molar-refractivity contribution in [2.24, 2.45) is 5.73 Å². The summed E-state index contributed by atoms with van der Waals surface area (Å²) in [5, 5.41) is 4.86. The van der Waals surface area contributed by atoms with Crippen LogP contribution >= 0.6 is 11.6 Å². The van der Waals surface area contributed by atoms with Crippen molar-refractivity contribution in [3.63, 3.8) is 0 Å². The topological polar surface area (TPSA) is 56.3 Å². The van der Waals surface area contributed by atoms with Gasteiger partial charge in [0.2, 0.25) is 0 Å². The number of hydrogen-bond acceptors (Lipinski definition) is 4. The Bertz CT molecular complexity index is 365. The molecule has 1 aromatic heterocycles. The van der Waals surface area contributed by atoms with Crippen LogP contribution in [0.15, 0.2) is 6.20 Å². The van der Waals surface area contributed by atoms with E-state index in [0.29, 0.717) is 11.6 Å². The van der Waals surface area contributed by atoms with Crippen molar-refractivity contribution >= 4 is 11.6 Å². The molecule has 0 bridgehead atoms. The molecule has 0 spiro atoms. The predicted molar refractivity (Wildman–Crippen MR) is 73.8 cm³/mol. The van der Waals surface area contributed by atoms with Crippen molar-refractivity contribution in [2.45, 2.75) is 32.5 Å². The maximum atomic E-state index is 6.14. The average Bonchev–Trinajstić information content (AvgIpc) is 2.64. The van der Waals surface area contributed by atoms with Crippen molar-refractivity contribution < 1.29 is 4.74 Å². The van der Waals surface area contributed by atoms with Crippen molar-refractivity contribution in [1.82, 2.24) is 14.7 Å². The molecule has 104 valence electrons. The van der Waals surface area contributed by atoms with Gasteiger partial charge in [0.05, 0.1) is 42.2 Å². The zero-order valence-electron chi connectivity index (χ0n) is 11.6. The minimum Gasteiger partial charge on any atom is -0.377 e. The van der Waals surface area contributed by atoms with Gasteiger partial charge in [-0.1, -0.05) is 11.6 Å². The van der Waals surface area contributed by atoms with Crippen molar-refractivity contribution in [3.05, 3.63) is 16.9 Å². The first kappa shape index (κ1) is 15.4. The minimum atomic E-state index is -0.246. The van der Waals surface area contributed by atoms with Crippen molar-refractivity contribution in [2.75, 3.05) is 27.2 Å². The summed E-state index contributed by atoms with van der Waals surface area (Å²) in [6.07, 6.45) is 1.80. The molecule has 0 saturated carbocycles. The van der Waals surface area contributed by atoms with E-state index in [-0.39, 0.29) is 12.1 Å². The Kier molecular flexibility index (Phi) is 6.08. The van der Waals surface area contributed by atoms with Gasteiger partial charge in [0.15, 0.2) is 0 Å². The molecule has 0 amide bonds. The van der Waals surface area contributed by atoms with E-state index in [9.17, 15) is 0 Å². The number of rotatable bonds is 7. The average molecular weight is 275 g/mol. The monoisotopic (exact) mass is 274 g/mol. The lowest BCUT2D eigenvalue weighted by atomic mass is 10.2. The number of likely N-dealkylation sites (N-methyl/N-ethyl adjacent to an activating group) is 1. The highest BCUT2D eigenvalue weighted by atomic mass is 35.5. The third-order valence-electron chi connectivity index (χ3n) is 2.55. The van der Waals surface area contributed by atoms with E-state index in [1.165, 1.54) is 0 Å². The summed E-state index contributed by atoms with van der Waals surface area (Å²) in [7, 11) is 4.04. The van der Waals surface area contributed by atoms with Gasteiger partial charge in [0.25, 0.3) is 0 Å². The normalized spacial score (nSPS) is 13.6.